The maximum absolute atomic E-state index is 10.0. The summed E-state index contributed by atoms with van der Waals surface area (Å²) in [5.41, 5.74) is 1.79. The lowest BCUT2D eigenvalue weighted by Gasteiger charge is -1.91. The SMILES string of the molecule is O=Cc1ccccc1.c1ccc2ncccc2c1. The van der Waals surface area contributed by atoms with Crippen LogP contribution < -0.4 is 0 Å². The molecule has 0 fully saturated rings. The summed E-state index contributed by atoms with van der Waals surface area (Å²) in [6, 6.07) is 21.2. The van der Waals surface area contributed by atoms with E-state index in [9.17, 15) is 4.79 Å². The first-order chi connectivity index (χ1) is 8.90. The van der Waals surface area contributed by atoms with Crippen LogP contribution in [-0.4, -0.2) is 11.3 Å². The maximum Gasteiger partial charge on any atom is 0.150 e. The monoisotopic (exact) mass is 235 g/mol. The minimum Gasteiger partial charge on any atom is -0.298 e. The minimum absolute atomic E-state index is 0.729. The van der Waals surface area contributed by atoms with Crippen molar-refractivity contribution in [3.8, 4) is 0 Å². The summed E-state index contributed by atoms with van der Waals surface area (Å²) in [6.07, 6.45) is 2.64. The highest BCUT2D eigenvalue weighted by Crippen LogP contribution is 2.07. The van der Waals surface area contributed by atoms with Gasteiger partial charge < -0.3 is 0 Å². The standard InChI is InChI=1S/C9H7N.C7H6O/c1-2-6-9-8(4-1)5-3-7-10-9;8-6-7-4-2-1-3-5-7/h1-7H;1-6H. The summed E-state index contributed by atoms with van der Waals surface area (Å²) in [4.78, 5) is 14.2. The van der Waals surface area contributed by atoms with E-state index in [-0.39, 0.29) is 0 Å². The number of carbonyl (C=O) groups excluding carboxylic acids is 1. The normalized spacial score (nSPS) is 9.33. The lowest BCUT2D eigenvalue weighted by Crippen LogP contribution is -1.73. The highest BCUT2D eigenvalue weighted by atomic mass is 16.1. The second-order valence-electron chi connectivity index (χ2n) is 3.72. The van der Waals surface area contributed by atoms with Gasteiger partial charge in [-0.05, 0) is 12.1 Å². The third-order valence-corrected chi connectivity index (χ3v) is 2.45. The van der Waals surface area contributed by atoms with Gasteiger partial charge in [0.1, 0.15) is 6.29 Å². The largest absolute Gasteiger partial charge is 0.298 e. The van der Waals surface area contributed by atoms with Crippen molar-refractivity contribution in [3.63, 3.8) is 0 Å². The molecule has 0 radical (unpaired) electrons. The summed E-state index contributed by atoms with van der Waals surface area (Å²) in [5, 5.41) is 1.20. The van der Waals surface area contributed by atoms with E-state index in [4.69, 9.17) is 0 Å². The molecule has 0 spiro atoms. The Balaban J connectivity index is 0.000000138. The molecule has 2 heteroatoms. The fourth-order valence-electron chi connectivity index (χ4n) is 1.55. The van der Waals surface area contributed by atoms with Crippen LogP contribution in [0.15, 0.2) is 72.9 Å². The molecule has 0 aliphatic rings. The van der Waals surface area contributed by atoms with Crippen LogP contribution in [0, 0.1) is 0 Å². The van der Waals surface area contributed by atoms with Gasteiger partial charge in [0.2, 0.25) is 0 Å². The average molecular weight is 235 g/mol. The summed E-state index contributed by atoms with van der Waals surface area (Å²) < 4.78 is 0. The number of aromatic nitrogens is 1. The van der Waals surface area contributed by atoms with E-state index in [0.29, 0.717) is 0 Å². The van der Waals surface area contributed by atoms with Crippen molar-refractivity contribution in [2.24, 2.45) is 0 Å². The number of hydrogen-bond acceptors (Lipinski definition) is 2. The van der Waals surface area contributed by atoms with Crippen LogP contribution in [0.3, 0.4) is 0 Å². The number of rotatable bonds is 1. The second-order valence-corrected chi connectivity index (χ2v) is 3.72. The highest BCUT2D eigenvalue weighted by Gasteiger charge is 1.86. The Morgan fingerprint density at radius 3 is 2.11 bits per heavy atom. The third kappa shape index (κ3) is 3.25. The van der Waals surface area contributed by atoms with E-state index in [2.05, 4.69) is 17.1 Å². The molecule has 88 valence electrons. The van der Waals surface area contributed by atoms with Crippen molar-refractivity contribution in [1.82, 2.24) is 4.98 Å². The number of benzene rings is 2. The van der Waals surface area contributed by atoms with Gasteiger partial charge in [-0.15, -0.1) is 0 Å². The van der Waals surface area contributed by atoms with E-state index in [1.54, 1.807) is 12.1 Å². The van der Waals surface area contributed by atoms with Crippen molar-refractivity contribution in [2.45, 2.75) is 0 Å². The van der Waals surface area contributed by atoms with E-state index < -0.39 is 0 Å². The molecule has 0 N–H and O–H groups in total. The van der Waals surface area contributed by atoms with Crippen LogP contribution in [0.2, 0.25) is 0 Å². The Morgan fingerprint density at radius 2 is 1.44 bits per heavy atom. The molecule has 0 bridgehead atoms. The number of aldehydes is 1. The fraction of sp³-hybridized carbons (Fsp3) is 0. The van der Waals surface area contributed by atoms with Gasteiger partial charge in [0.05, 0.1) is 5.52 Å². The van der Waals surface area contributed by atoms with Crippen molar-refractivity contribution in [2.75, 3.05) is 0 Å². The molecule has 2 aromatic carbocycles. The molecule has 0 saturated heterocycles. The Bertz CT molecular complexity index is 555. The molecule has 0 saturated carbocycles. The number of nitrogens with zero attached hydrogens (tertiary/aromatic N) is 1. The van der Waals surface area contributed by atoms with Crippen LogP contribution in [0.25, 0.3) is 10.9 Å². The Labute approximate surface area is 106 Å². The number of fused-ring (bicyclic) bond motifs is 1. The van der Waals surface area contributed by atoms with E-state index in [1.807, 2.05) is 48.7 Å². The van der Waals surface area contributed by atoms with Crippen LogP contribution in [-0.2, 0) is 0 Å². The molecule has 0 aliphatic carbocycles. The molecular formula is C16H13NO. The number of pyridine rings is 1. The predicted molar refractivity (Wildman–Crippen MR) is 73.6 cm³/mol. The Morgan fingerprint density at radius 1 is 0.778 bits per heavy atom. The van der Waals surface area contributed by atoms with Crippen LogP contribution in [0.1, 0.15) is 10.4 Å². The summed E-state index contributed by atoms with van der Waals surface area (Å²) in [5.74, 6) is 0. The zero-order chi connectivity index (χ0) is 12.6. The topological polar surface area (TPSA) is 30.0 Å². The number of hydrogen-bond donors (Lipinski definition) is 0. The maximum atomic E-state index is 10.0. The van der Waals surface area contributed by atoms with E-state index >= 15 is 0 Å². The first-order valence-corrected chi connectivity index (χ1v) is 5.70. The fourth-order valence-corrected chi connectivity index (χ4v) is 1.55. The van der Waals surface area contributed by atoms with Gasteiger partial charge in [-0.3, -0.25) is 9.78 Å². The molecule has 0 aliphatic heterocycles. The molecule has 3 aromatic rings. The summed E-state index contributed by atoms with van der Waals surface area (Å²) >= 11 is 0. The quantitative estimate of drug-likeness (QED) is 0.601. The Hall–Kier alpha value is -2.48. The highest BCUT2D eigenvalue weighted by molar-refractivity contribution is 5.77. The molecule has 1 heterocycles. The van der Waals surface area contributed by atoms with Crippen LogP contribution in [0.4, 0.5) is 0 Å². The zero-order valence-electron chi connectivity index (χ0n) is 9.86. The molecule has 18 heavy (non-hydrogen) atoms. The van der Waals surface area contributed by atoms with Crippen LogP contribution in [0.5, 0.6) is 0 Å². The van der Waals surface area contributed by atoms with Crippen molar-refractivity contribution in [1.29, 1.82) is 0 Å². The minimum atomic E-state index is 0.729. The van der Waals surface area contributed by atoms with Gasteiger partial charge in [0, 0.05) is 17.1 Å². The molecule has 3 rings (SSSR count). The molecule has 1 aromatic heterocycles. The lowest BCUT2D eigenvalue weighted by molar-refractivity contribution is 0.112. The second kappa shape index (κ2) is 6.30. The average Bonchev–Trinajstić information content (AvgIpc) is 2.49. The number of carbonyl (C=O) groups is 1. The lowest BCUT2D eigenvalue weighted by atomic mass is 10.2. The van der Waals surface area contributed by atoms with Gasteiger partial charge in [-0.2, -0.15) is 0 Å². The van der Waals surface area contributed by atoms with Gasteiger partial charge in [-0.1, -0.05) is 54.6 Å². The number of para-hydroxylation sites is 1. The molecule has 0 amide bonds. The smallest absolute Gasteiger partial charge is 0.150 e. The summed E-state index contributed by atoms with van der Waals surface area (Å²) in [6.45, 7) is 0. The van der Waals surface area contributed by atoms with Gasteiger partial charge in [0.15, 0.2) is 0 Å². The predicted octanol–water partition coefficient (Wildman–Crippen LogP) is 3.73. The van der Waals surface area contributed by atoms with E-state index in [1.165, 1.54) is 5.39 Å². The van der Waals surface area contributed by atoms with Gasteiger partial charge in [-0.25, -0.2) is 0 Å². The van der Waals surface area contributed by atoms with Crippen molar-refractivity contribution in [3.05, 3.63) is 78.5 Å². The first-order valence-electron chi connectivity index (χ1n) is 5.70. The molecule has 0 atom stereocenters. The molecule has 2 nitrogen and oxygen atoms in total. The van der Waals surface area contributed by atoms with Crippen molar-refractivity contribution < 1.29 is 4.79 Å². The third-order valence-electron chi connectivity index (χ3n) is 2.45. The van der Waals surface area contributed by atoms with E-state index in [0.717, 1.165) is 17.4 Å². The molecule has 0 unspecified atom stereocenters. The van der Waals surface area contributed by atoms with Gasteiger partial charge in [0.25, 0.3) is 0 Å². The van der Waals surface area contributed by atoms with Crippen LogP contribution >= 0.6 is 0 Å². The van der Waals surface area contributed by atoms with Crippen molar-refractivity contribution >= 4 is 17.2 Å². The molecular weight excluding hydrogens is 222 g/mol. The Kier molecular flexibility index (Phi) is 4.20. The van der Waals surface area contributed by atoms with Gasteiger partial charge >= 0.3 is 0 Å². The summed E-state index contributed by atoms with van der Waals surface area (Å²) in [7, 11) is 0. The zero-order valence-corrected chi connectivity index (χ0v) is 9.86. The first kappa shape index (κ1) is 12.0.